The number of hydrogen-bond donors (Lipinski definition) is 0. The van der Waals surface area contributed by atoms with Gasteiger partial charge < -0.3 is 9.15 Å². The van der Waals surface area contributed by atoms with Crippen LogP contribution in [0.25, 0.3) is 17.4 Å². The van der Waals surface area contributed by atoms with Crippen molar-refractivity contribution >= 4 is 34.9 Å². The Morgan fingerprint density at radius 3 is 2.71 bits per heavy atom. The number of aryl methyl sites for hydroxylation is 1. The molecule has 1 saturated heterocycles. The van der Waals surface area contributed by atoms with E-state index in [-0.39, 0.29) is 11.9 Å². The average molecular weight is 398 g/mol. The zero-order valence-corrected chi connectivity index (χ0v) is 17.1. The molecule has 0 bridgehead atoms. The fourth-order valence-electron chi connectivity index (χ4n) is 2.93. The summed E-state index contributed by atoms with van der Waals surface area (Å²) in [4.78, 5) is 30.9. The Hall–Kier alpha value is -2.80. The Balaban J connectivity index is 1.87. The lowest BCUT2D eigenvalue weighted by atomic mass is 10.0. The standard InChI is InChI=1S/C21H22N2O4S/c1-5-22-21-23(6-2)19(24)18(28-21)12-15-8-10-17(27-15)16-9-7-14(11-13(16)3)20(25)26-4/h7-12H,5-6H2,1-4H3/b18-12+,22-21?. The van der Waals surface area contributed by atoms with Crippen LogP contribution in [0.1, 0.15) is 35.5 Å². The van der Waals surface area contributed by atoms with Crippen molar-refractivity contribution in [1.82, 2.24) is 4.90 Å². The van der Waals surface area contributed by atoms with Gasteiger partial charge in [0.25, 0.3) is 5.91 Å². The number of hydrogen-bond acceptors (Lipinski definition) is 6. The highest BCUT2D eigenvalue weighted by Crippen LogP contribution is 2.34. The molecule has 0 spiro atoms. The van der Waals surface area contributed by atoms with Crippen molar-refractivity contribution in [2.45, 2.75) is 20.8 Å². The zero-order valence-electron chi connectivity index (χ0n) is 16.3. The Labute approximate surface area is 168 Å². The molecule has 1 amide bonds. The topological polar surface area (TPSA) is 72.1 Å². The first-order chi connectivity index (χ1) is 13.5. The third kappa shape index (κ3) is 3.89. The number of carbonyl (C=O) groups excluding carboxylic acids is 2. The number of ether oxygens (including phenoxy) is 1. The van der Waals surface area contributed by atoms with Crippen LogP contribution in [0.5, 0.6) is 0 Å². The molecule has 1 aliphatic rings. The summed E-state index contributed by atoms with van der Waals surface area (Å²) in [6.45, 7) is 6.99. The molecule has 0 atom stereocenters. The second kappa shape index (κ2) is 8.48. The SMILES string of the molecule is CCN=C1S/C(=C/c2ccc(-c3ccc(C(=O)OC)cc3C)o2)C(=O)N1CC. The minimum atomic E-state index is -0.374. The van der Waals surface area contributed by atoms with Crippen LogP contribution in [0.3, 0.4) is 0 Å². The largest absolute Gasteiger partial charge is 0.465 e. The lowest BCUT2D eigenvalue weighted by Gasteiger charge is -2.11. The number of methoxy groups -OCH3 is 1. The van der Waals surface area contributed by atoms with Gasteiger partial charge in [-0.2, -0.15) is 0 Å². The van der Waals surface area contributed by atoms with Gasteiger partial charge in [-0.1, -0.05) is 6.07 Å². The van der Waals surface area contributed by atoms with E-state index >= 15 is 0 Å². The summed E-state index contributed by atoms with van der Waals surface area (Å²) in [5.41, 5.74) is 2.27. The first-order valence-electron chi connectivity index (χ1n) is 9.03. The van der Waals surface area contributed by atoms with E-state index in [2.05, 4.69) is 4.99 Å². The van der Waals surface area contributed by atoms with Crippen LogP contribution in [-0.2, 0) is 9.53 Å². The lowest BCUT2D eigenvalue weighted by molar-refractivity contribution is -0.122. The van der Waals surface area contributed by atoms with Crippen molar-refractivity contribution in [2.75, 3.05) is 20.2 Å². The minimum Gasteiger partial charge on any atom is -0.465 e. The molecular formula is C21H22N2O4S. The summed E-state index contributed by atoms with van der Waals surface area (Å²) in [5, 5.41) is 0.724. The summed E-state index contributed by atoms with van der Waals surface area (Å²) in [5.74, 6) is 0.833. The molecule has 0 unspecified atom stereocenters. The number of carbonyl (C=O) groups is 2. The van der Waals surface area contributed by atoms with Crippen LogP contribution in [0.4, 0.5) is 0 Å². The lowest BCUT2D eigenvalue weighted by Crippen LogP contribution is -2.28. The molecule has 0 N–H and O–H groups in total. The van der Waals surface area contributed by atoms with Gasteiger partial charge in [0.05, 0.1) is 17.6 Å². The number of aliphatic imine (C=N–C) groups is 1. The predicted octanol–water partition coefficient (Wildman–Crippen LogP) is 4.35. The number of likely N-dealkylation sites (N-methyl/N-ethyl adjacent to an activating group) is 1. The minimum absolute atomic E-state index is 0.0590. The smallest absolute Gasteiger partial charge is 0.337 e. The number of esters is 1. The molecule has 0 aliphatic carbocycles. The van der Waals surface area contributed by atoms with E-state index < -0.39 is 0 Å². The van der Waals surface area contributed by atoms with Crippen molar-refractivity contribution in [3.05, 3.63) is 52.1 Å². The number of thioether (sulfide) groups is 1. The van der Waals surface area contributed by atoms with E-state index in [9.17, 15) is 9.59 Å². The number of rotatable bonds is 5. The normalized spacial score (nSPS) is 17.0. The molecule has 28 heavy (non-hydrogen) atoms. The van der Waals surface area contributed by atoms with Gasteiger partial charge in [0, 0.05) is 24.7 Å². The van der Waals surface area contributed by atoms with Gasteiger partial charge in [-0.15, -0.1) is 0 Å². The third-order valence-corrected chi connectivity index (χ3v) is 5.36. The van der Waals surface area contributed by atoms with Crippen molar-refractivity contribution in [3.8, 4) is 11.3 Å². The molecule has 3 rings (SSSR count). The maximum atomic E-state index is 12.6. The van der Waals surface area contributed by atoms with Crippen LogP contribution < -0.4 is 0 Å². The molecule has 0 saturated carbocycles. The Morgan fingerprint density at radius 1 is 1.29 bits per heavy atom. The predicted molar refractivity (Wildman–Crippen MR) is 111 cm³/mol. The van der Waals surface area contributed by atoms with E-state index in [4.69, 9.17) is 9.15 Å². The van der Waals surface area contributed by atoms with Crippen molar-refractivity contribution in [3.63, 3.8) is 0 Å². The van der Waals surface area contributed by atoms with Gasteiger partial charge >= 0.3 is 5.97 Å². The van der Waals surface area contributed by atoms with Crippen LogP contribution in [0.15, 0.2) is 44.6 Å². The average Bonchev–Trinajstić information content (AvgIpc) is 3.26. The fourth-order valence-corrected chi connectivity index (χ4v) is 4.01. The molecular weight excluding hydrogens is 376 g/mol. The molecule has 1 aliphatic heterocycles. The fraction of sp³-hybridized carbons (Fsp3) is 0.286. The molecule has 7 heteroatoms. The second-order valence-electron chi connectivity index (χ2n) is 6.14. The van der Waals surface area contributed by atoms with E-state index in [0.717, 1.165) is 16.3 Å². The van der Waals surface area contributed by atoms with Crippen LogP contribution in [-0.4, -0.2) is 42.1 Å². The number of furan rings is 1. The van der Waals surface area contributed by atoms with Crippen molar-refractivity contribution in [2.24, 2.45) is 4.99 Å². The van der Waals surface area contributed by atoms with E-state index in [0.29, 0.717) is 35.1 Å². The Bertz CT molecular complexity index is 975. The highest BCUT2D eigenvalue weighted by molar-refractivity contribution is 8.18. The van der Waals surface area contributed by atoms with Crippen molar-refractivity contribution < 1.29 is 18.7 Å². The highest BCUT2D eigenvalue weighted by atomic mass is 32.2. The number of benzene rings is 1. The van der Waals surface area contributed by atoms with Crippen LogP contribution in [0, 0.1) is 6.92 Å². The third-order valence-electron chi connectivity index (χ3n) is 4.31. The molecule has 0 radical (unpaired) electrons. The Morgan fingerprint density at radius 2 is 2.07 bits per heavy atom. The maximum absolute atomic E-state index is 12.6. The van der Waals surface area contributed by atoms with Crippen LogP contribution >= 0.6 is 11.8 Å². The molecule has 1 aromatic heterocycles. The number of nitrogens with zero attached hydrogens (tertiary/aromatic N) is 2. The van der Waals surface area contributed by atoms with E-state index in [1.165, 1.54) is 18.9 Å². The second-order valence-corrected chi connectivity index (χ2v) is 7.15. The van der Waals surface area contributed by atoms with Gasteiger partial charge in [-0.25, -0.2) is 4.79 Å². The molecule has 2 aromatic rings. The van der Waals surface area contributed by atoms with Gasteiger partial charge in [0.1, 0.15) is 11.5 Å². The first-order valence-corrected chi connectivity index (χ1v) is 9.85. The molecule has 1 aromatic carbocycles. The zero-order chi connectivity index (χ0) is 20.3. The number of amides is 1. The summed E-state index contributed by atoms with van der Waals surface area (Å²) >= 11 is 1.36. The summed E-state index contributed by atoms with van der Waals surface area (Å²) in [6.07, 6.45) is 1.75. The Kier molecular flexibility index (Phi) is 6.04. The summed E-state index contributed by atoms with van der Waals surface area (Å²) < 4.78 is 10.7. The van der Waals surface area contributed by atoms with Gasteiger partial charge in [-0.3, -0.25) is 14.7 Å². The quantitative estimate of drug-likeness (QED) is 0.553. The molecule has 1 fully saturated rings. The van der Waals surface area contributed by atoms with Crippen LogP contribution in [0.2, 0.25) is 0 Å². The van der Waals surface area contributed by atoms with E-state index in [1.807, 2.05) is 39.0 Å². The van der Waals surface area contributed by atoms with Gasteiger partial charge in [0.2, 0.25) is 0 Å². The van der Waals surface area contributed by atoms with E-state index in [1.54, 1.807) is 23.1 Å². The first kappa shape index (κ1) is 19.9. The number of amidine groups is 1. The molecule has 146 valence electrons. The highest BCUT2D eigenvalue weighted by Gasteiger charge is 2.32. The van der Waals surface area contributed by atoms with Gasteiger partial charge in [0.15, 0.2) is 5.17 Å². The van der Waals surface area contributed by atoms with Gasteiger partial charge in [-0.05, 0) is 62.4 Å². The molecule has 2 heterocycles. The maximum Gasteiger partial charge on any atom is 0.337 e. The summed E-state index contributed by atoms with van der Waals surface area (Å²) in [7, 11) is 1.36. The summed E-state index contributed by atoms with van der Waals surface area (Å²) in [6, 6.07) is 8.99. The van der Waals surface area contributed by atoms with Crippen molar-refractivity contribution in [1.29, 1.82) is 0 Å². The monoisotopic (exact) mass is 398 g/mol. The molecule has 6 nitrogen and oxygen atoms in total.